The third-order valence-corrected chi connectivity index (χ3v) is 4.63. The van der Waals surface area contributed by atoms with Crippen LogP contribution in [0, 0.1) is 6.92 Å². The third kappa shape index (κ3) is 5.11. The first-order valence-electron chi connectivity index (χ1n) is 8.73. The molecule has 1 heterocycles. The molecule has 0 aromatic heterocycles. The molecule has 1 saturated heterocycles. The third-order valence-electron chi connectivity index (χ3n) is 4.41. The molecule has 1 fully saturated rings. The molecule has 6 heteroatoms. The van der Waals surface area contributed by atoms with Gasteiger partial charge in [-0.15, -0.1) is 0 Å². The van der Waals surface area contributed by atoms with E-state index >= 15 is 0 Å². The molecule has 5 nitrogen and oxygen atoms in total. The number of β-amino-alcohol motifs (C(OH)–C–C–N with tert-alkyl or cyclic N) is 1. The SMILES string of the molecule is Cc1cc(O)ccc1-c1cc(Cl)cc(OCC(O)CN2CCOCC2)c1. The lowest BCUT2D eigenvalue weighted by atomic mass is 10.0. The number of hydrogen-bond acceptors (Lipinski definition) is 5. The maximum atomic E-state index is 10.2. The largest absolute Gasteiger partial charge is 0.508 e. The summed E-state index contributed by atoms with van der Waals surface area (Å²) in [6, 6.07) is 10.7. The van der Waals surface area contributed by atoms with Gasteiger partial charge in [-0.1, -0.05) is 17.7 Å². The Hall–Kier alpha value is -1.79. The maximum absolute atomic E-state index is 10.2. The highest BCUT2D eigenvalue weighted by Gasteiger charge is 2.15. The van der Waals surface area contributed by atoms with Gasteiger partial charge in [0.25, 0.3) is 0 Å². The van der Waals surface area contributed by atoms with E-state index in [1.807, 2.05) is 25.1 Å². The van der Waals surface area contributed by atoms with Crippen LogP contribution in [-0.4, -0.2) is 60.7 Å². The van der Waals surface area contributed by atoms with Crippen molar-refractivity contribution in [2.75, 3.05) is 39.5 Å². The van der Waals surface area contributed by atoms with Crippen molar-refractivity contribution in [2.24, 2.45) is 0 Å². The lowest BCUT2D eigenvalue weighted by molar-refractivity contribution is 0.00466. The quantitative estimate of drug-likeness (QED) is 0.810. The molecule has 0 radical (unpaired) electrons. The molecule has 0 amide bonds. The molecule has 1 aliphatic rings. The Morgan fingerprint density at radius 3 is 2.69 bits per heavy atom. The summed E-state index contributed by atoms with van der Waals surface area (Å²) in [7, 11) is 0. The van der Waals surface area contributed by atoms with Gasteiger partial charge in [0.1, 0.15) is 24.2 Å². The molecule has 140 valence electrons. The summed E-state index contributed by atoms with van der Waals surface area (Å²) in [4.78, 5) is 2.17. The van der Waals surface area contributed by atoms with E-state index in [4.69, 9.17) is 21.1 Å². The Morgan fingerprint density at radius 1 is 1.19 bits per heavy atom. The van der Waals surface area contributed by atoms with E-state index in [1.54, 1.807) is 18.2 Å². The minimum Gasteiger partial charge on any atom is -0.508 e. The summed E-state index contributed by atoms with van der Waals surface area (Å²) < 4.78 is 11.1. The number of aryl methyl sites for hydroxylation is 1. The fourth-order valence-electron chi connectivity index (χ4n) is 3.10. The first-order chi connectivity index (χ1) is 12.5. The van der Waals surface area contributed by atoms with Crippen LogP contribution in [0.5, 0.6) is 11.5 Å². The molecule has 2 aromatic rings. The van der Waals surface area contributed by atoms with E-state index in [0.717, 1.165) is 29.8 Å². The number of hydrogen-bond donors (Lipinski definition) is 2. The van der Waals surface area contributed by atoms with Gasteiger partial charge in [0.05, 0.1) is 13.2 Å². The Bertz CT molecular complexity index is 747. The summed E-state index contributed by atoms with van der Waals surface area (Å²) in [6.45, 7) is 5.77. The number of halogens is 1. The van der Waals surface area contributed by atoms with Crippen molar-refractivity contribution in [3.8, 4) is 22.6 Å². The molecular formula is C20H24ClNO4. The topological polar surface area (TPSA) is 62.2 Å². The second kappa shape index (κ2) is 8.73. The normalized spacial score (nSPS) is 16.4. The zero-order valence-corrected chi connectivity index (χ0v) is 15.6. The van der Waals surface area contributed by atoms with Gasteiger partial charge in [0, 0.05) is 24.7 Å². The Labute approximate surface area is 158 Å². The fourth-order valence-corrected chi connectivity index (χ4v) is 3.33. The fraction of sp³-hybridized carbons (Fsp3) is 0.400. The van der Waals surface area contributed by atoms with Crippen molar-refractivity contribution in [1.82, 2.24) is 4.90 Å². The van der Waals surface area contributed by atoms with E-state index in [2.05, 4.69) is 4.90 Å². The van der Waals surface area contributed by atoms with Gasteiger partial charge in [-0.25, -0.2) is 0 Å². The first-order valence-corrected chi connectivity index (χ1v) is 9.10. The standard InChI is InChI=1S/C20H24ClNO4/c1-14-8-17(23)2-3-20(14)15-9-16(21)11-19(10-15)26-13-18(24)12-22-4-6-25-7-5-22/h2-3,8-11,18,23-24H,4-7,12-13H2,1H3. The molecule has 1 aliphatic heterocycles. The highest BCUT2D eigenvalue weighted by atomic mass is 35.5. The number of phenols is 1. The number of benzene rings is 2. The van der Waals surface area contributed by atoms with Gasteiger partial charge in [0.2, 0.25) is 0 Å². The number of ether oxygens (including phenoxy) is 2. The zero-order chi connectivity index (χ0) is 18.5. The van der Waals surface area contributed by atoms with Crippen LogP contribution >= 0.6 is 11.6 Å². The summed E-state index contributed by atoms with van der Waals surface area (Å²) in [5.74, 6) is 0.844. The lowest BCUT2D eigenvalue weighted by Gasteiger charge is -2.28. The number of phenolic OH excluding ortho intramolecular Hbond substituents is 1. The Kier molecular flexibility index (Phi) is 6.38. The second-order valence-corrected chi connectivity index (χ2v) is 6.99. The number of morpholine rings is 1. The average Bonchev–Trinajstić information content (AvgIpc) is 2.60. The maximum Gasteiger partial charge on any atom is 0.121 e. The molecule has 2 aromatic carbocycles. The molecule has 0 spiro atoms. The van der Waals surface area contributed by atoms with E-state index in [1.165, 1.54) is 0 Å². The summed E-state index contributed by atoms with van der Waals surface area (Å²) in [6.07, 6.45) is -0.578. The van der Waals surface area contributed by atoms with Crippen molar-refractivity contribution in [2.45, 2.75) is 13.0 Å². The van der Waals surface area contributed by atoms with Crippen molar-refractivity contribution in [3.05, 3.63) is 47.0 Å². The van der Waals surface area contributed by atoms with Crippen LogP contribution in [0.25, 0.3) is 11.1 Å². The molecule has 0 aliphatic carbocycles. The zero-order valence-electron chi connectivity index (χ0n) is 14.8. The monoisotopic (exact) mass is 377 g/mol. The smallest absolute Gasteiger partial charge is 0.121 e. The van der Waals surface area contributed by atoms with Crippen LogP contribution in [0.2, 0.25) is 5.02 Å². The van der Waals surface area contributed by atoms with Crippen LogP contribution in [0.3, 0.4) is 0 Å². The van der Waals surface area contributed by atoms with Gasteiger partial charge in [-0.05, 0) is 53.9 Å². The molecule has 0 saturated carbocycles. The van der Waals surface area contributed by atoms with Crippen LogP contribution in [-0.2, 0) is 4.74 Å². The van der Waals surface area contributed by atoms with E-state index < -0.39 is 6.10 Å². The highest BCUT2D eigenvalue weighted by molar-refractivity contribution is 6.31. The molecule has 3 rings (SSSR count). The van der Waals surface area contributed by atoms with Gasteiger partial charge in [-0.3, -0.25) is 4.90 Å². The minimum atomic E-state index is -0.578. The van der Waals surface area contributed by atoms with Gasteiger partial charge in [-0.2, -0.15) is 0 Å². The number of rotatable bonds is 6. The summed E-state index contributed by atoms with van der Waals surface area (Å²) in [5, 5.41) is 20.4. The molecular weight excluding hydrogens is 354 g/mol. The molecule has 26 heavy (non-hydrogen) atoms. The molecule has 0 bridgehead atoms. The van der Waals surface area contributed by atoms with E-state index in [0.29, 0.717) is 30.5 Å². The van der Waals surface area contributed by atoms with E-state index in [9.17, 15) is 10.2 Å². The van der Waals surface area contributed by atoms with Gasteiger partial charge in [0.15, 0.2) is 0 Å². The van der Waals surface area contributed by atoms with Crippen LogP contribution in [0.4, 0.5) is 0 Å². The molecule has 2 N–H and O–H groups in total. The van der Waals surface area contributed by atoms with Crippen molar-refractivity contribution >= 4 is 11.6 Å². The molecule has 1 atom stereocenters. The van der Waals surface area contributed by atoms with Crippen molar-refractivity contribution < 1.29 is 19.7 Å². The number of aliphatic hydroxyl groups excluding tert-OH is 1. The van der Waals surface area contributed by atoms with Gasteiger partial charge >= 0.3 is 0 Å². The van der Waals surface area contributed by atoms with E-state index in [-0.39, 0.29) is 12.4 Å². The van der Waals surface area contributed by atoms with Gasteiger partial charge < -0.3 is 19.7 Å². The van der Waals surface area contributed by atoms with Crippen LogP contribution < -0.4 is 4.74 Å². The summed E-state index contributed by atoms with van der Waals surface area (Å²) >= 11 is 6.24. The van der Waals surface area contributed by atoms with Crippen molar-refractivity contribution in [1.29, 1.82) is 0 Å². The Balaban J connectivity index is 1.65. The second-order valence-electron chi connectivity index (χ2n) is 6.55. The number of nitrogens with zero attached hydrogens (tertiary/aromatic N) is 1. The number of aromatic hydroxyl groups is 1. The first kappa shape index (κ1) is 19.0. The Morgan fingerprint density at radius 2 is 1.96 bits per heavy atom. The minimum absolute atomic E-state index is 0.200. The van der Waals surface area contributed by atoms with Crippen LogP contribution in [0.15, 0.2) is 36.4 Å². The summed E-state index contributed by atoms with van der Waals surface area (Å²) in [5.41, 5.74) is 2.84. The predicted molar refractivity (Wildman–Crippen MR) is 102 cm³/mol. The molecule has 1 unspecified atom stereocenters. The number of aliphatic hydroxyl groups is 1. The lowest BCUT2D eigenvalue weighted by Crippen LogP contribution is -2.42. The average molecular weight is 378 g/mol. The van der Waals surface area contributed by atoms with Crippen LogP contribution in [0.1, 0.15) is 5.56 Å². The predicted octanol–water partition coefficient (Wildman–Crippen LogP) is 3.09. The highest BCUT2D eigenvalue weighted by Crippen LogP contribution is 2.32. The van der Waals surface area contributed by atoms with Crippen molar-refractivity contribution in [3.63, 3.8) is 0 Å².